The lowest BCUT2D eigenvalue weighted by Gasteiger charge is -2.50. The van der Waals surface area contributed by atoms with E-state index in [-0.39, 0.29) is 29.5 Å². The Labute approximate surface area is 212 Å². The second kappa shape index (κ2) is 10.3. The van der Waals surface area contributed by atoms with Gasteiger partial charge in [-0.2, -0.15) is 26.3 Å². The first-order valence-corrected chi connectivity index (χ1v) is 13.6. The Morgan fingerprint density at radius 2 is 1.08 bits per heavy atom. The highest BCUT2D eigenvalue weighted by atomic mass is 31.1. The van der Waals surface area contributed by atoms with Crippen LogP contribution in [0.1, 0.15) is 87.3 Å². The van der Waals surface area contributed by atoms with Gasteiger partial charge in [0.1, 0.15) is 5.82 Å². The second-order valence-electron chi connectivity index (χ2n) is 11.3. The van der Waals surface area contributed by atoms with E-state index in [2.05, 4.69) is 9.00 Å². The predicted molar refractivity (Wildman–Crippen MR) is 139 cm³/mol. The summed E-state index contributed by atoms with van der Waals surface area (Å²) in [6.45, 7) is 21.2. The number of rotatable bonds is 7. The summed E-state index contributed by atoms with van der Waals surface area (Å²) in [5.41, 5.74) is -3.77. The number of halogens is 6. The summed E-state index contributed by atoms with van der Waals surface area (Å²) in [5, 5.41) is 0.143. The van der Waals surface area contributed by atoms with Crippen molar-refractivity contribution >= 4 is 13.7 Å². The fraction of sp³-hybridized carbons (Fsp3) is 0.692. The molecule has 0 aliphatic heterocycles. The lowest BCUT2D eigenvalue weighted by Crippen LogP contribution is -2.46. The zero-order valence-corrected chi connectivity index (χ0v) is 24.0. The average molecular weight is 540 g/mol. The van der Waals surface area contributed by atoms with Crippen molar-refractivity contribution in [2.45, 2.75) is 118 Å². The SMILES string of the molecule is CC(C)N(c1c(-c2c(C(F)(F)F)cccc2C(F)(F)F)p(N(C(C)C)C(C)C)n1C(C)(C)C)C(C)C. The van der Waals surface area contributed by atoms with Crippen molar-refractivity contribution in [2.75, 3.05) is 9.57 Å². The molecule has 0 bridgehead atoms. The minimum Gasteiger partial charge on any atom is -0.352 e. The summed E-state index contributed by atoms with van der Waals surface area (Å²) < 4.78 is 90.1. The van der Waals surface area contributed by atoms with E-state index in [9.17, 15) is 26.3 Å². The number of benzene rings is 1. The van der Waals surface area contributed by atoms with Crippen molar-refractivity contribution < 1.29 is 26.3 Å². The Morgan fingerprint density at radius 3 is 1.36 bits per heavy atom. The van der Waals surface area contributed by atoms with Gasteiger partial charge in [-0.3, -0.25) is 4.33 Å². The highest BCUT2D eigenvalue weighted by Gasteiger charge is 2.47. The maximum Gasteiger partial charge on any atom is 0.417 e. The van der Waals surface area contributed by atoms with Crippen LogP contribution in [0.25, 0.3) is 10.9 Å². The van der Waals surface area contributed by atoms with Crippen LogP contribution in [0.5, 0.6) is 0 Å². The Hall–Kier alpha value is -1.60. The van der Waals surface area contributed by atoms with Gasteiger partial charge in [-0.1, -0.05) is 6.07 Å². The molecule has 2 aromatic rings. The first-order chi connectivity index (χ1) is 16.1. The maximum atomic E-state index is 14.3. The molecular weight excluding hydrogens is 499 g/mol. The number of hydrogen-bond donors (Lipinski definition) is 0. The molecule has 1 unspecified atom stereocenters. The van der Waals surface area contributed by atoms with Crippen LogP contribution < -0.4 is 9.57 Å². The molecule has 1 heterocycles. The van der Waals surface area contributed by atoms with Crippen LogP contribution in [0.4, 0.5) is 32.2 Å². The van der Waals surface area contributed by atoms with Crippen molar-refractivity contribution in [3.63, 3.8) is 0 Å². The first kappa shape index (κ1) is 30.6. The molecule has 0 saturated carbocycles. The fourth-order valence-electron chi connectivity index (χ4n) is 5.00. The molecule has 0 amide bonds. The van der Waals surface area contributed by atoms with Gasteiger partial charge in [0, 0.05) is 43.1 Å². The van der Waals surface area contributed by atoms with E-state index in [1.54, 1.807) is 0 Å². The lowest BCUT2D eigenvalue weighted by molar-refractivity contribution is -0.142. The Kier molecular flexibility index (Phi) is 8.74. The number of alkyl halides is 6. The van der Waals surface area contributed by atoms with Gasteiger partial charge in [0.15, 0.2) is 0 Å². The quantitative estimate of drug-likeness (QED) is 0.325. The van der Waals surface area contributed by atoms with Crippen molar-refractivity contribution in [1.29, 1.82) is 0 Å². The molecule has 0 aliphatic rings. The number of hydrogen-bond acceptors (Lipinski definition) is 2. The Bertz CT molecular complexity index is 952. The molecule has 1 aromatic heterocycles. The zero-order valence-electron chi connectivity index (χ0n) is 23.1. The predicted octanol–water partition coefficient (Wildman–Crippen LogP) is 9.31. The summed E-state index contributed by atoms with van der Waals surface area (Å²) >= 11 is 0. The van der Waals surface area contributed by atoms with Gasteiger partial charge in [-0.25, -0.2) is 4.67 Å². The van der Waals surface area contributed by atoms with E-state index in [1.165, 1.54) is 0 Å². The van der Waals surface area contributed by atoms with Crippen LogP contribution >= 0.6 is 7.84 Å². The van der Waals surface area contributed by atoms with Gasteiger partial charge in [-0.15, -0.1) is 0 Å². The van der Waals surface area contributed by atoms with Crippen molar-refractivity contribution in [2.24, 2.45) is 0 Å². The minimum atomic E-state index is -4.95. The molecule has 2 rings (SSSR count). The van der Waals surface area contributed by atoms with Gasteiger partial charge in [-0.05, 0) is 88.3 Å². The Morgan fingerprint density at radius 1 is 0.694 bits per heavy atom. The van der Waals surface area contributed by atoms with Crippen LogP contribution in [0.15, 0.2) is 18.2 Å². The van der Waals surface area contributed by atoms with Crippen LogP contribution in [-0.4, -0.2) is 28.5 Å². The van der Waals surface area contributed by atoms with Gasteiger partial charge in [0.05, 0.1) is 16.4 Å². The fourth-order valence-corrected chi connectivity index (χ4v) is 8.15. The summed E-state index contributed by atoms with van der Waals surface area (Å²) in [6, 6.07) is 1.90. The largest absolute Gasteiger partial charge is 0.417 e. The molecule has 0 saturated heterocycles. The molecule has 0 spiro atoms. The van der Waals surface area contributed by atoms with Gasteiger partial charge in [0.2, 0.25) is 0 Å². The van der Waals surface area contributed by atoms with Crippen LogP contribution in [0.3, 0.4) is 0 Å². The monoisotopic (exact) mass is 539 g/mol. The molecule has 0 radical (unpaired) electrons. The van der Waals surface area contributed by atoms with E-state index in [4.69, 9.17) is 0 Å². The van der Waals surface area contributed by atoms with Crippen molar-refractivity contribution in [1.82, 2.24) is 4.33 Å². The molecule has 36 heavy (non-hydrogen) atoms. The summed E-state index contributed by atoms with van der Waals surface area (Å²) in [6.07, 6.45) is -9.89. The van der Waals surface area contributed by atoms with Gasteiger partial charge < -0.3 is 4.90 Å². The topological polar surface area (TPSA) is 11.4 Å². The Balaban J connectivity index is 3.28. The highest BCUT2D eigenvalue weighted by molar-refractivity contribution is 7.53. The summed E-state index contributed by atoms with van der Waals surface area (Å²) in [5.74, 6) is 0.451. The zero-order chi connectivity index (χ0) is 28.1. The standard InChI is InChI=1S/C26H40F6N3P/c1-15(2)33(16(3)4)23-22(36(35(23)24(9,10)11)34(17(5)6)18(7)8)21-19(25(27,28)29)13-12-14-20(21)26(30,31)32/h12-18H,1-11H3. The third-order valence-electron chi connectivity index (χ3n) is 5.98. The maximum absolute atomic E-state index is 14.3. The van der Waals surface area contributed by atoms with E-state index < -0.39 is 42.4 Å². The van der Waals surface area contributed by atoms with Crippen molar-refractivity contribution in [3.05, 3.63) is 29.3 Å². The molecular formula is C26H40F6N3P. The molecule has 10 heteroatoms. The van der Waals surface area contributed by atoms with Crippen LogP contribution in [-0.2, 0) is 17.9 Å². The smallest absolute Gasteiger partial charge is 0.352 e. The number of nitrogens with zero attached hydrogens (tertiary/aromatic N) is 3. The number of anilines is 1. The van der Waals surface area contributed by atoms with E-state index in [1.807, 2.05) is 81.1 Å². The molecule has 1 aromatic carbocycles. The molecule has 3 nitrogen and oxygen atoms in total. The third kappa shape index (κ3) is 5.77. The van der Waals surface area contributed by atoms with Gasteiger partial charge in [0.25, 0.3) is 0 Å². The minimum absolute atomic E-state index is 0.101. The highest BCUT2D eigenvalue weighted by Crippen LogP contribution is 2.62. The number of aromatic nitrogens is 1. The molecule has 0 aliphatic carbocycles. The first-order valence-electron chi connectivity index (χ1n) is 12.3. The molecule has 0 fully saturated rings. The summed E-state index contributed by atoms with van der Waals surface area (Å²) in [4.78, 5) is 1.95. The van der Waals surface area contributed by atoms with Crippen molar-refractivity contribution in [3.8, 4) is 10.9 Å². The van der Waals surface area contributed by atoms with E-state index in [0.717, 1.165) is 18.2 Å². The molecule has 206 valence electrons. The lowest BCUT2D eigenvalue weighted by atomic mass is 9.97. The van der Waals surface area contributed by atoms with E-state index in [0.29, 0.717) is 5.82 Å². The average Bonchev–Trinajstić information content (AvgIpc) is 2.62. The third-order valence-corrected chi connectivity index (χ3v) is 9.34. The van der Waals surface area contributed by atoms with Gasteiger partial charge >= 0.3 is 12.4 Å². The molecule has 1 atom stereocenters. The van der Waals surface area contributed by atoms with Crippen LogP contribution in [0, 0.1) is 0 Å². The second-order valence-corrected chi connectivity index (χ2v) is 13.2. The molecule has 0 N–H and O–H groups in total. The van der Waals surface area contributed by atoms with Crippen LogP contribution in [0.2, 0.25) is 0 Å². The van der Waals surface area contributed by atoms with E-state index >= 15 is 0 Å². The summed E-state index contributed by atoms with van der Waals surface area (Å²) in [7, 11) is -1.67. The normalized spacial score (nSPS) is 14.3.